The van der Waals surface area contributed by atoms with E-state index in [1.807, 2.05) is 24.3 Å². The highest BCUT2D eigenvalue weighted by atomic mass is 16.5. The van der Waals surface area contributed by atoms with Gasteiger partial charge >= 0.3 is 0 Å². The monoisotopic (exact) mass is 227 g/mol. The van der Waals surface area contributed by atoms with Gasteiger partial charge in [0.2, 0.25) is 0 Å². The predicted molar refractivity (Wildman–Crippen MR) is 71.3 cm³/mol. The lowest BCUT2D eigenvalue weighted by molar-refractivity contribution is 0.414. The Hall–Kier alpha value is -1.96. The molecule has 2 aromatic rings. The zero-order valence-corrected chi connectivity index (χ0v) is 10.0. The Morgan fingerprint density at radius 2 is 1.65 bits per heavy atom. The largest absolute Gasteiger partial charge is 0.497 e. The third kappa shape index (κ3) is 3.25. The summed E-state index contributed by atoms with van der Waals surface area (Å²) in [7, 11) is 1.69. The van der Waals surface area contributed by atoms with Gasteiger partial charge in [0.1, 0.15) is 5.75 Å². The van der Waals surface area contributed by atoms with E-state index in [0.29, 0.717) is 0 Å². The van der Waals surface area contributed by atoms with Crippen LogP contribution < -0.4 is 10.5 Å². The summed E-state index contributed by atoms with van der Waals surface area (Å²) in [6, 6.07) is 16.2. The molecule has 0 saturated carbocycles. The maximum Gasteiger partial charge on any atom is 0.119 e. The quantitative estimate of drug-likeness (QED) is 0.815. The van der Waals surface area contributed by atoms with Crippen molar-refractivity contribution in [2.45, 2.75) is 12.8 Å². The fraction of sp³-hybridized carbons (Fsp3) is 0.200. The zero-order valence-electron chi connectivity index (χ0n) is 10.0. The summed E-state index contributed by atoms with van der Waals surface area (Å²) in [6.07, 6.45) is 2.04. The molecule has 0 aliphatic rings. The lowest BCUT2D eigenvalue weighted by Gasteiger charge is -2.05. The van der Waals surface area contributed by atoms with Gasteiger partial charge in [0.05, 0.1) is 7.11 Å². The van der Waals surface area contributed by atoms with Crippen LogP contribution in [0.1, 0.15) is 11.1 Å². The second kappa shape index (κ2) is 5.39. The first kappa shape index (κ1) is 11.5. The number of hydrogen-bond donors (Lipinski definition) is 1. The first-order valence-corrected chi connectivity index (χ1v) is 5.75. The van der Waals surface area contributed by atoms with Gasteiger partial charge in [-0.05, 0) is 48.2 Å². The van der Waals surface area contributed by atoms with Crippen molar-refractivity contribution in [3.05, 3.63) is 59.7 Å². The molecule has 0 fully saturated rings. The topological polar surface area (TPSA) is 35.2 Å². The fourth-order valence-electron chi connectivity index (χ4n) is 1.80. The summed E-state index contributed by atoms with van der Waals surface area (Å²) in [5, 5.41) is 0. The lowest BCUT2D eigenvalue weighted by Crippen LogP contribution is -1.93. The van der Waals surface area contributed by atoms with Crippen LogP contribution in [0.2, 0.25) is 0 Å². The van der Waals surface area contributed by atoms with Crippen LogP contribution in [0.25, 0.3) is 0 Å². The van der Waals surface area contributed by atoms with Crippen LogP contribution in [0.4, 0.5) is 5.69 Å². The van der Waals surface area contributed by atoms with E-state index in [2.05, 4.69) is 24.3 Å². The molecule has 2 rings (SSSR count). The van der Waals surface area contributed by atoms with Gasteiger partial charge in [0, 0.05) is 5.69 Å². The van der Waals surface area contributed by atoms with E-state index in [1.54, 1.807) is 7.11 Å². The number of hydrogen-bond acceptors (Lipinski definition) is 2. The summed E-state index contributed by atoms with van der Waals surface area (Å²) in [6.45, 7) is 0. The van der Waals surface area contributed by atoms with Gasteiger partial charge in [-0.1, -0.05) is 24.3 Å². The fourth-order valence-corrected chi connectivity index (χ4v) is 1.80. The number of nitrogen functional groups attached to an aromatic ring is 1. The summed E-state index contributed by atoms with van der Waals surface area (Å²) < 4.78 is 5.21. The smallest absolute Gasteiger partial charge is 0.119 e. The molecule has 0 radical (unpaired) electrons. The second-order valence-corrected chi connectivity index (χ2v) is 4.09. The van der Waals surface area contributed by atoms with Crippen LogP contribution in [-0.2, 0) is 12.8 Å². The molecule has 0 amide bonds. The SMILES string of the molecule is COc1cccc(CCc2ccc(N)cc2)c1. The molecular weight excluding hydrogens is 210 g/mol. The minimum absolute atomic E-state index is 0.815. The molecule has 0 heterocycles. The van der Waals surface area contributed by atoms with Gasteiger partial charge in [-0.25, -0.2) is 0 Å². The molecule has 0 bridgehead atoms. The van der Waals surface area contributed by atoms with Crippen LogP contribution in [0, 0.1) is 0 Å². The normalized spacial score (nSPS) is 10.2. The van der Waals surface area contributed by atoms with Crippen molar-refractivity contribution in [2.75, 3.05) is 12.8 Å². The van der Waals surface area contributed by atoms with Gasteiger partial charge < -0.3 is 10.5 Å². The summed E-state index contributed by atoms with van der Waals surface area (Å²) in [5.41, 5.74) is 9.07. The molecule has 0 spiro atoms. The minimum atomic E-state index is 0.815. The molecule has 2 N–H and O–H groups in total. The molecule has 2 nitrogen and oxygen atoms in total. The Bertz CT molecular complexity index is 477. The van der Waals surface area contributed by atoms with E-state index in [9.17, 15) is 0 Å². The summed E-state index contributed by atoms with van der Waals surface area (Å²) in [4.78, 5) is 0. The van der Waals surface area contributed by atoms with Gasteiger partial charge in [-0.3, -0.25) is 0 Å². The average molecular weight is 227 g/mol. The number of aryl methyl sites for hydroxylation is 2. The van der Waals surface area contributed by atoms with E-state index in [1.165, 1.54) is 11.1 Å². The Kier molecular flexibility index (Phi) is 3.66. The van der Waals surface area contributed by atoms with Crippen molar-refractivity contribution < 1.29 is 4.74 Å². The zero-order chi connectivity index (χ0) is 12.1. The molecule has 88 valence electrons. The summed E-state index contributed by atoms with van der Waals surface area (Å²) >= 11 is 0. The van der Waals surface area contributed by atoms with Gasteiger partial charge in [0.15, 0.2) is 0 Å². The van der Waals surface area contributed by atoms with E-state index in [4.69, 9.17) is 10.5 Å². The van der Waals surface area contributed by atoms with E-state index in [-0.39, 0.29) is 0 Å². The lowest BCUT2D eigenvalue weighted by atomic mass is 10.0. The average Bonchev–Trinajstić information content (AvgIpc) is 2.38. The molecule has 17 heavy (non-hydrogen) atoms. The number of rotatable bonds is 4. The maximum atomic E-state index is 5.66. The Morgan fingerprint density at radius 1 is 0.941 bits per heavy atom. The molecule has 0 unspecified atom stereocenters. The molecule has 2 heteroatoms. The highest BCUT2D eigenvalue weighted by molar-refractivity contribution is 5.39. The number of methoxy groups -OCH3 is 1. The third-order valence-corrected chi connectivity index (χ3v) is 2.82. The molecule has 0 aliphatic carbocycles. The molecule has 0 atom stereocenters. The van der Waals surface area contributed by atoms with Crippen molar-refractivity contribution in [2.24, 2.45) is 0 Å². The third-order valence-electron chi connectivity index (χ3n) is 2.82. The van der Waals surface area contributed by atoms with Crippen molar-refractivity contribution in [3.63, 3.8) is 0 Å². The van der Waals surface area contributed by atoms with Gasteiger partial charge in [0.25, 0.3) is 0 Å². The molecule has 0 aliphatic heterocycles. The Balaban J connectivity index is 1.99. The van der Waals surface area contributed by atoms with Crippen LogP contribution in [-0.4, -0.2) is 7.11 Å². The van der Waals surface area contributed by atoms with Crippen molar-refractivity contribution >= 4 is 5.69 Å². The first-order valence-electron chi connectivity index (χ1n) is 5.75. The molecule has 0 aromatic heterocycles. The van der Waals surface area contributed by atoms with Crippen molar-refractivity contribution in [1.82, 2.24) is 0 Å². The second-order valence-electron chi connectivity index (χ2n) is 4.09. The van der Waals surface area contributed by atoms with Crippen molar-refractivity contribution in [3.8, 4) is 5.75 Å². The highest BCUT2D eigenvalue weighted by Crippen LogP contribution is 2.15. The van der Waals surface area contributed by atoms with E-state index >= 15 is 0 Å². The Morgan fingerprint density at radius 3 is 2.35 bits per heavy atom. The maximum absolute atomic E-state index is 5.66. The summed E-state index contributed by atoms with van der Waals surface area (Å²) in [5.74, 6) is 0.916. The molecular formula is C15H17NO. The number of nitrogens with two attached hydrogens (primary N) is 1. The van der Waals surface area contributed by atoms with Crippen LogP contribution in [0.5, 0.6) is 5.75 Å². The van der Waals surface area contributed by atoms with E-state index < -0.39 is 0 Å². The number of anilines is 1. The highest BCUT2D eigenvalue weighted by Gasteiger charge is 1.98. The van der Waals surface area contributed by atoms with Crippen LogP contribution in [0.15, 0.2) is 48.5 Å². The molecule has 2 aromatic carbocycles. The Labute approximate surface area is 102 Å². The molecule has 0 saturated heterocycles. The first-order chi connectivity index (χ1) is 8.28. The van der Waals surface area contributed by atoms with Gasteiger partial charge in [-0.15, -0.1) is 0 Å². The predicted octanol–water partition coefficient (Wildman–Crippen LogP) is 3.06. The van der Waals surface area contributed by atoms with Crippen molar-refractivity contribution in [1.29, 1.82) is 0 Å². The van der Waals surface area contributed by atoms with Crippen LogP contribution >= 0.6 is 0 Å². The number of benzene rings is 2. The minimum Gasteiger partial charge on any atom is -0.497 e. The van der Waals surface area contributed by atoms with E-state index in [0.717, 1.165) is 24.3 Å². The van der Waals surface area contributed by atoms with Crippen LogP contribution in [0.3, 0.4) is 0 Å². The number of ether oxygens (including phenoxy) is 1. The van der Waals surface area contributed by atoms with Gasteiger partial charge in [-0.2, -0.15) is 0 Å². The standard InChI is InChI=1S/C15H17NO/c1-17-15-4-2-3-13(11-15)6-5-12-7-9-14(16)10-8-12/h2-4,7-11H,5-6,16H2,1H3.